The Morgan fingerprint density at radius 1 is 0.960 bits per heavy atom. The number of ether oxygens (including phenoxy) is 3. The van der Waals surface area contributed by atoms with E-state index in [4.69, 9.17) is 14.2 Å². The van der Waals surface area contributed by atoms with Gasteiger partial charge in [0.25, 0.3) is 0 Å². The van der Waals surface area contributed by atoms with Gasteiger partial charge >= 0.3 is 11.9 Å². The summed E-state index contributed by atoms with van der Waals surface area (Å²) < 4.78 is 15.9. The predicted octanol–water partition coefficient (Wildman–Crippen LogP) is 2.18. The van der Waals surface area contributed by atoms with E-state index < -0.39 is 30.4 Å². The Bertz CT molecular complexity index is 715. The fourth-order valence-corrected chi connectivity index (χ4v) is 2.56. The Kier molecular flexibility index (Phi) is 5.42. The molecule has 1 heterocycles. The third-order valence-electron chi connectivity index (χ3n) is 3.84. The van der Waals surface area contributed by atoms with Crippen molar-refractivity contribution in [1.29, 1.82) is 0 Å². The van der Waals surface area contributed by atoms with E-state index in [2.05, 4.69) is 0 Å². The van der Waals surface area contributed by atoms with Gasteiger partial charge in [-0.1, -0.05) is 36.4 Å². The van der Waals surface area contributed by atoms with Crippen LogP contribution in [-0.4, -0.2) is 42.1 Å². The van der Waals surface area contributed by atoms with Crippen LogP contribution < -0.4 is 0 Å². The van der Waals surface area contributed by atoms with Gasteiger partial charge in [-0.15, -0.1) is 0 Å². The molecule has 1 saturated heterocycles. The lowest BCUT2D eigenvalue weighted by atomic mass is 10.1. The Morgan fingerprint density at radius 3 is 2.12 bits per heavy atom. The van der Waals surface area contributed by atoms with Gasteiger partial charge < -0.3 is 19.3 Å². The first-order chi connectivity index (χ1) is 12.1. The average Bonchev–Trinajstić information content (AvgIpc) is 3.00. The molecule has 0 aliphatic carbocycles. The molecule has 2 aromatic rings. The molecule has 2 aromatic carbocycles. The minimum absolute atomic E-state index is 0.114. The van der Waals surface area contributed by atoms with Crippen LogP contribution in [0.25, 0.3) is 0 Å². The van der Waals surface area contributed by atoms with Crippen LogP contribution in [0.1, 0.15) is 27.1 Å². The zero-order valence-electron chi connectivity index (χ0n) is 13.4. The summed E-state index contributed by atoms with van der Waals surface area (Å²) in [6.45, 7) is -0.114. The number of carbonyl (C=O) groups excluding carboxylic acids is 2. The lowest BCUT2D eigenvalue weighted by molar-refractivity contribution is -0.110. The van der Waals surface area contributed by atoms with Gasteiger partial charge in [-0.3, -0.25) is 0 Å². The highest BCUT2D eigenvalue weighted by atomic mass is 16.7. The highest BCUT2D eigenvalue weighted by Crippen LogP contribution is 2.23. The van der Waals surface area contributed by atoms with E-state index in [0.29, 0.717) is 11.1 Å². The largest absolute Gasteiger partial charge is 0.459 e. The molecule has 0 amide bonds. The second-order valence-electron chi connectivity index (χ2n) is 5.64. The monoisotopic (exact) mass is 342 g/mol. The van der Waals surface area contributed by atoms with Crippen LogP contribution in [0, 0.1) is 0 Å². The van der Waals surface area contributed by atoms with E-state index >= 15 is 0 Å². The molecule has 0 spiro atoms. The van der Waals surface area contributed by atoms with Crippen molar-refractivity contribution < 1.29 is 28.9 Å². The fraction of sp³-hybridized carbons (Fsp3) is 0.263. The van der Waals surface area contributed by atoms with Crippen molar-refractivity contribution in [2.75, 3.05) is 6.61 Å². The molecule has 130 valence electrons. The van der Waals surface area contributed by atoms with Crippen molar-refractivity contribution in [3.05, 3.63) is 71.8 Å². The summed E-state index contributed by atoms with van der Waals surface area (Å²) in [6.07, 6.45) is -2.33. The number of hydrogen-bond donors (Lipinski definition) is 1. The van der Waals surface area contributed by atoms with Gasteiger partial charge in [0.2, 0.25) is 0 Å². The maximum absolute atomic E-state index is 12.1. The van der Waals surface area contributed by atoms with E-state index in [0.717, 1.165) is 0 Å². The SMILES string of the molecule is O=C(OC[C@@H]1O[C@@H](O)C[C@H]1OC(=O)c1ccccc1)c1ccccc1. The summed E-state index contributed by atoms with van der Waals surface area (Å²) in [5.41, 5.74) is 0.822. The summed E-state index contributed by atoms with van der Waals surface area (Å²) >= 11 is 0. The number of hydrogen-bond acceptors (Lipinski definition) is 6. The van der Waals surface area contributed by atoms with E-state index in [9.17, 15) is 14.7 Å². The molecule has 0 radical (unpaired) electrons. The first kappa shape index (κ1) is 17.1. The molecule has 1 aliphatic heterocycles. The zero-order valence-corrected chi connectivity index (χ0v) is 13.4. The number of rotatable bonds is 5. The minimum Gasteiger partial charge on any atom is -0.459 e. The molecule has 0 unspecified atom stereocenters. The van der Waals surface area contributed by atoms with E-state index in [1.54, 1.807) is 60.7 Å². The van der Waals surface area contributed by atoms with Gasteiger partial charge in [0.05, 0.1) is 11.1 Å². The highest BCUT2D eigenvalue weighted by Gasteiger charge is 2.38. The smallest absolute Gasteiger partial charge is 0.338 e. The standard InChI is InChI=1S/C19H18O6/c20-17-11-15(25-19(22)14-9-5-2-6-10-14)16(24-17)12-23-18(21)13-7-3-1-4-8-13/h1-10,15-17,20H,11-12H2/t15-,16+,17-/m1/s1. The molecular weight excluding hydrogens is 324 g/mol. The van der Waals surface area contributed by atoms with Crippen LogP contribution in [-0.2, 0) is 14.2 Å². The molecule has 6 nitrogen and oxygen atoms in total. The minimum atomic E-state index is -1.06. The number of carbonyl (C=O) groups is 2. The second-order valence-corrected chi connectivity index (χ2v) is 5.64. The Balaban J connectivity index is 1.58. The molecule has 1 N–H and O–H groups in total. The quantitative estimate of drug-likeness (QED) is 0.839. The predicted molar refractivity (Wildman–Crippen MR) is 87.9 cm³/mol. The maximum atomic E-state index is 12.1. The second kappa shape index (κ2) is 7.92. The maximum Gasteiger partial charge on any atom is 0.338 e. The van der Waals surface area contributed by atoms with Crippen LogP contribution in [0.4, 0.5) is 0 Å². The number of benzene rings is 2. The van der Waals surface area contributed by atoms with Crippen LogP contribution in [0.3, 0.4) is 0 Å². The Morgan fingerprint density at radius 2 is 1.52 bits per heavy atom. The van der Waals surface area contributed by atoms with Gasteiger partial charge in [-0.05, 0) is 24.3 Å². The molecule has 1 fully saturated rings. The van der Waals surface area contributed by atoms with Crippen molar-refractivity contribution >= 4 is 11.9 Å². The van der Waals surface area contributed by atoms with Gasteiger partial charge in [0.15, 0.2) is 6.29 Å². The summed E-state index contributed by atoms with van der Waals surface area (Å²) in [7, 11) is 0. The fourth-order valence-electron chi connectivity index (χ4n) is 2.56. The number of esters is 2. The molecule has 0 aromatic heterocycles. The number of aliphatic hydroxyl groups excluding tert-OH is 1. The van der Waals surface area contributed by atoms with Crippen molar-refractivity contribution in [2.24, 2.45) is 0 Å². The molecule has 0 saturated carbocycles. The van der Waals surface area contributed by atoms with Gasteiger partial charge in [0, 0.05) is 6.42 Å². The van der Waals surface area contributed by atoms with Crippen molar-refractivity contribution in [1.82, 2.24) is 0 Å². The molecule has 3 atom stereocenters. The van der Waals surface area contributed by atoms with E-state index in [1.807, 2.05) is 0 Å². The molecular formula is C19H18O6. The number of aliphatic hydroxyl groups is 1. The van der Waals surface area contributed by atoms with Crippen LogP contribution in [0.15, 0.2) is 60.7 Å². The average molecular weight is 342 g/mol. The molecule has 3 rings (SSSR count). The van der Waals surface area contributed by atoms with Crippen molar-refractivity contribution in [3.63, 3.8) is 0 Å². The van der Waals surface area contributed by atoms with Crippen LogP contribution in [0.5, 0.6) is 0 Å². The first-order valence-corrected chi connectivity index (χ1v) is 7.95. The van der Waals surface area contributed by atoms with Gasteiger partial charge in [0.1, 0.15) is 18.8 Å². The Hall–Kier alpha value is -2.70. The van der Waals surface area contributed by atoms with E-state index in [1.165, 1.54) is 0 Å². The third-order valence-corrected chi connectivity index (χ3v) is 3.84. The lowest BCUT2D eigenvalue weighted by Crippen LogP contribution is -2.32. The summed E-state index contributed by atoms with van der Waals surface area (Å²) in [5, 5.41) is 9.68. The van der Waals surface area contributed by atoms with Gasteiger partial charge in [-0.25, -0.2) is 9.59 Å². The summed E-state index contributed by atoms with van der Waals surface area (Å²) in [6, 6.07) is 17.1. The molecule has 6 heteroatoms. The highest BCUT2D eigenvalue weighted by molar-refractivity contribution is 5.90. The normalized spacial score (nSPS) is 22.4. The van der Waals surface area contributed by atoms with Gasteiger partial charge in [-0.2, -0.15) is 0 Å². The Labute approximate surface area is 144 Å². The van der Waals surface area contributed by atoms with Crippen LogP contribution >= 0.6 is 0 Å². The zero-order chi connectivity index (χ0) is 17.6. The lowest BCUT2D eigenvalue weighted by Gasteiger charge is -2.18. The topological polar surface area (TPSA) is 82.1 Å². The van der Waals surface area contributed by atoms with E-state index in [-0.39, 0.29) is 13.0 Å². The molecule has 25 heavy (non-hydrogen) atoms. The van der Waals surface area contributed by atoms with Crippen LogP contribution in [0.2, 0.25) is 0 Å². The van der Waals surface area contributed by atoms with Crippen molar-refractivity contribution in [3.8, 4) is 0 Å². The van der Waals surface area contributed by atoms with Crippen molar-refractivity contribution in [2.45, 2.75) is 24.9 Å². The molecule has 0 bridgehead atoms. The molecule has 1 aliphatic rings. The third kappa shape index (κ3) is 4.43. The first-order valence-electron chi connectivity index (χ1n) is 7.95. The summed E-state index contributed by atoms with van der Waals surface area (Å²) in [4.78, 5) is 24.1. The summed E-state index contributed by atoms with van der Waals surface area (Å²) in [5.74, 6) is -1.01.